The normalized spacial score (nSPS) is 11.4. The van der Waals surface area contributed by atoms with Crippen LogP contribution in [-0.2, 0) is 0 Å². The zero-order valence-corrected chi connectivity index (χ0v) is 8.76. The van der Waals surface area contributed by atoms with Gasteiger partial charge in [0.25, 0.3) is 5.92 Å². The smallest absolute Gasteiger partial charge is 0.287 e. The average molecular weight is 267 g/mol. The van der Waals surface area contributed by atoms with Crippen LogP contribution in [-0.4, -0.2) is 29.2 Å². The van der Waals surface area contributed by atoms with Crippen molar-refractivity contribution in [1.82, 2.24) is 4.98 Å². The first-order valence-corrected chi connectivity index (χ1v) is 4.67. The van der Waals surface area contributed by atoms with Gasteiger partial charge in [0, 0.05) is 6.20 Å². The van der Waals surface area contributed by atoms with Crippen LogP contribution in [0.15, 0.2) is 22.8 Å². The summed E-state index contributed by atoms with van der Waals surface area (Å²) in [5.74, 6) is -2.79. The van der Waals surface area contributed by atoms with Crippen molar-refractivity contribution in [3.8, 4) is 0 Å². The molecule has 14 heavy (non-hydrogen) atoms. The second kappa shape index (κ2) is 4.65. The van der Waals surface area contributed by atoms with Crippen molar-refractivity contribution >= 4 is 21.7 Å². The van der Waals surface area contributed by atoms with Crippen LogP contribution in [0.4, 0.5) is 14.6 Å². The Morgan fingerprint density at radius 3 is 2.86 bits per heavy atom. The van der Waals surface area contributed by atoms with E-state index in [1.54, 1.807) is 12.1 Å². The maximum atomic E-state index is 12.6. The molecule has 0 saturated heterocycles. The predicted molar refractivity (Wildman–Crippen MR) is 52.5 cm³/mol. The monoisotopic (exact) mass is 266 g/mol. The van der Waals surface area contributed by atoms with Gasteiger partial charge in [0.05, 0.1) is 11.0 Å². The van der Waals surface area contributed by atoms with E-state index in [-0.39, 0.29) is 0 Å². The third-order valence-electron chi connectivity index (χ3n) is 1.50. The summed E-state index contributed by atoms with van der Waals surface area (Å²) in [4.78, 5) is 3.84. The summed E-state index contributed by atoms with van der Waals surface area (Å²) in [5.41, 5.74) is 0. The number of aliphatic hydroxyl groups excluding tert-OH is 1. The van der Waals surface area contributed by atoms with Crippen LogP contribution in [0.2, 0.25) is 0 Å². The van der Waals surface area contributed by atoms with Crippen molar-refractivity contribution in [1.29, 1.82) is 0 Å². The van der Waals surface area contributed by atoms with E-state index in [4.69, 9.17) is 5.11 Å². The van der Waals surface area contributed by atoms with E-state index >= 15 is 0 Å². The zero-order valence-electron chi connectivity index (χ0n) is 7.17. The van der Waals surface area contributed by atoms with Gasteiger partial charge in [-0.1, -0.05) is 0 Å². The number of rotatable bonds is 4. The lowest BCUT2D eigenvalue weighted by molar-refractivity contribution is -0.0373. The third-order valence-corrected chi connectivity index (χ3v) is 2.14. The van der Waals surface area contributed by atoms with Crippen molar-refractivity contribution in [2.75, 3.05) is 18.5 Å². The molecular formula is C8H9BrF2N2O. The maximum absolute atomic E-state index is 12.6. The van der Waals surface area contributed by atoms with Gasteiger partial charge in [-0.3, -0.25) is 0 Å². The number of anilines is 1. The summed E-state index contributed by atoms with van der Waals surface area (Å²) in [6, 6.07) is 3.37. The van der Waals surface area contributed by atoms with Gasteiger partial charge in [0.2, 0.25) is 0 Å². The Bertz CT molecular complexity index is 309. The number of aliphatic hydroxyl groups is 1. The fourth-order valence-electron chi connectivity index (χ4n) is 0.785. The highest BCUT2D eigenvalue weighted by atomic mass is 79.9. The number of halogens is 3. The van der Waals surface area contributed by atoms with E-state index in [1.165, 1.54) is 6.20 Å². The van der Waals surface area contributed by atoms with Gasteiger partial charge < -0.3 is 10.4 Å². The Labute approximate surface area is 88.3 Å². The molecule has 1 rings (SSSR count). The summed E-state index contributed by atoms with van der Waals surface area (Å²) >= 11 is 3.15. The molecule has 6 heteroatoms. The van der Waals surface area contributed by atoms with Crippen molar-refractivity contribution in [2.45, 2.75) is 5.92 Å². The molecule has 0 aliphatic heterocycles. The zero-order chi connectivity index (χ0) is 10.6. The van der Waals surface area contributed by atoms with E-state index in [9.17, 15) is 8.78 Å². The minimum atomic E-state index is -3.13. The minimum Gasteiger partial charge on any atom is -0.390 e. The summed E-state index contributed by atoms with van der Waals surface area (Å²) in [6.07, 6.45) is 1.49. The second-order valence-electron chi connectivity index (χ2n) is 2.70. The van der Waals surface area contributed by atoms with E-state index in [0.717, 1.165) is 0 Å². The fraction of sp³-hybridized carbons (Fsp3) is 0.375. The molecule has 0 atom stereocenters. The van der Waals surface area contributed by atoms with Gasteiger partial charge in [-0.25, -0.2) is 13.8 Å². The van der Waals surface area contributed by atoms with E-state index < -0.39 is 19.1 Å². The van der Waals surface area contributed by atoms with Gasteiger partial charge >= 0.3 is 0 Å². The van der Waals surface area contributed by atoms with Crippen molar-refractivity contribution < 1.29 is 13.9 Å². The summed E-state index contributed by atoms with van der Waals surface area (Å²) in [5, 5.41) is 10.8. The van der Waals surface area contributed by atoms with Crippen molar-refractivity contribution in [2.24, 2.45) is 0 Å². The summed E-state index contributed by atoms with van der Waals surface area (Å²) in [7, 11) is 0. The maximum Gasteiger partial charge on any atom is 0.287 e. The lowest BCUT2D eigenvalue weighted by Crippen LogP contribution is -2.31. The number of aromatic nitrogens is 1. The molecule has 3 nitrogen and oxygen atoms in total. The Hall–Kier alpha value is -0.750. The largest absolute Gasteiger partial charge is 0.390 e. The first kappa shape index (κ1) is 11.3. The molecule has 78 valence electrons. The number of hydrogen-bond acceptors (Lipinski definition) is 3. The fourth-order valence-corrected chi connectivity index (χ4v) is 1.18. The third kappa shape index (κ3) is 3.19. The van der Waals surface area contributed by atoms with Crippen LogP contribution >= 0.6 is 15.9 Å². The highest BCUT2D eigenvalue weighted by molar-refractivity contribution is 9.10. The molecule has 0 radical (unpaired) electrons. The number of nitrogens with zero attached hydrogens (tertiary/aromatic N) is 1. The number of nitrogens with one attached hydrogen (secondary N) is 1. The van der Waals surface area contributed by atoms with E-state index in [2.05, 4.69) is 26.2 Å². The number of pyridine rings is 1. The molecule has 0 aliphatic carbocycles. The first-order valence-electron chi connectivity index (χ1n) is 3.88. The van der Waals surface area contributed by atoms with E-state index in [0.29, 0.717) is 10.3 Å². The average Bonchev–Trinajstić information content (AvgIpc) is 2.17. The highest BCUT2D eigenvalue weighted by Gasteiger charge is 2.27. The van der Waals surface area contributed by atoms with Crippen molar-refractivity contribution in [3.63, 3.8) is 0 Å². The number of hydrogen-bond donors (Lipinski definition) is 2. The van der Waals surface area contributed by atoms with Crippen LogP contribution in [0.25, 0.3) is 0 Å². The van der Waals surface area contributed by atoms with Gasteiger partial charge in [-0.05, 0) is 28.1 Å². The molecule has 1 heterocycles. The SMILES string of the molecule is OCC(F)(F)CNc1ncccc1Br. The molecule has 0 saturated carbocycles. The molecule has 0 unspecified atom stereocenters. The van der Waals surface area contributed by atoms with Gasteiger partial charge in [0.15, 0.2) is 0 Å². The standard InChI is InChI=1S/C8H9BrF2N2O/c9-6-2-1-3-12-7(6)13-4-8(10,11)5-14/h1-3,14H,4-5H2,(H,12,13). The molecule has 0 bridgehead atoms. The topological polar surface area (TPSA) is 45.1 Å². The Morgan fingerprint density at radius 2 is 2.29 bits per heavy atom. The van der Waals surface area contributed by atoms with Crippen LogP contribution in [0.3, 0.4) is 0 Å². The molecular weight excluding hydrogens is 258 g/mol. The van der Waals surface area contributed by atoms with Crippen LogP contribution in [0.5, 0.6) is 0 Å². The van der Waals surface area contributed by atoms with Crippen LogP contribution in [0, 0.1) is 0 Å². The quantitative estimate of drug-likeness (QED) is 0.875. The lowest BCUT2D eigenvalue weighted by Gasteiger charge is -2.14. The minimum absolute atomic E-state index is 0.334. The Balaban J connectivity index is 2.58. The molecule has 1 aromatic heterocycles. The van der Waals surface area contributed by atoms with E-state index in [1.807, 2.05) is 0 Å². The van der Waals surface area contributed by atoms with Gasteiger partial charge in [0.1, 0.15) is 12.4 Å². The Morgan fingerprint density at radius 1 is 1.57 bits per heavy atom. The molecule has 0 aliphatic rings. The lowest BCUT2D eigenvalue weighted by atomic mass is 10.3. The van der Waals surface area contributed by atoms with Gasteiger partial charge in [-0.15, -0.1) is 0 Å². The molecule has 0 aromatic carbocycles. The predicted octanol–water partition coefficient (Wildman–Crippen LogP) is 1.88. The summed E-state index contributed by atoms with van der Waals surface area (Å²) < 4.78 is 25.8. The molecule has 1 aromatic rings. The van der Waals surface area contributed by atoms with Crippen molar-refractivity contribution in [3.05, 3.63) is 22.8 Å². The van der Waals surface area contributed by atoms with Gasteiger partial charge in [-0.2, -0.15) is 0 Å². The molecule has 0 spiro atoms. The molecule has 2 N–H and O–H groups in total. The second-order valence-corrected chi connectivity index (χ2v) is 3.56. The highest BCUT2D eigenvalue weighted by Crippen LogP contribution is 2.20. The molecule has 0 fully saturated rings. The summed E-state index contributed by atoms with van der Waals surface area (Å²) in [6.45, 7) is -1.82. The number of alkyl halides is 2. The van der Waals surface area contributed by atoms with Crippen LogP contribution < -0.4 is 5.32 Å². The first-order chi connectivity index (χ1) is 6.55. The molecule has 0 amide bonds. The Kier molecular flexibility index (Phi) is 3.77. The van der Waals surface area contributed by atoms with Crippen LogP contribution in [0.1, 0.15) is 0 Å².